The van der Waals surface area contributed by atoms with E-state index in [9.17, 15) is 4.39 Å². The maximum absolute atomic E-state index is 12.6. The van der Waals surface area contributed by atoms with Crippen LogP contribution in [0, 0.1) is 5.82 Å². The molecule has 0 amide bonds. The van der Waals surface area contributed by atoms with Gasteiger partial charge in [-0.1, -0.05) is 23.2 Å². The van der Waals surface area contributed by atoms with Crippen LogP contribution < -0.4 is 0 Å². The standard InChI is InChI=1S/C6H3Cl2FS/c7-3-1-4(8)6(9)5(10)2-3/h1-2,10H. The van der Waals surface area contributed by atoms with E-state index in [1.807, 2.05) is 0 Å². The SMILES string of the molecule is Fc1c(S)cc(Cl)cc1Cl. The predicted octanol–water partition coefficient (Wildman–Crippen LogP) is 3.42. The Labute approximate surface area is 73.4 Å². The van der Waals surface area contributed by atoms with Crippen molar-refractivity contribution in [3.8, 4) is 0 Å². The maximum atomic E-state index is 12.6. The molecule has 0 heterocycles. The maximum Gasteiger partial charge on any atom is 0.155 e. The molecular weight excluding hydrogens is 194 g/mol. The number of rotatable bonds is 0. The van der Waals surface area contributed by atoms with Gasteiger partial charge in [-0.15, -0.1) is 12.6 Å². The van der Waals surface area contributed by atoms with E-state index < -0.39 is 5.82 Å². The monoisotopic (exact) mass is 196 g/mol. The second kappa shape index (κ2) is 2.99. The van der Waals surface area contributed by atoms with Gasteiger partial charge in [0.05, 0.1) is 5.02 Å². The summed E-state index contributed by atoms with van der Waals surface area (Å²) in [4.78, 5) is 0.164. The Balaban J connectivity index is 3.31. The molecule has 1 aromatic carbocycles. The zero-order chi connectivity index (χ0) is 7.72. The summed E-state index contributed by atoms with van der Waals surface area (Å²) >= 11 is 14.7. The third-order valence-corrected chi connectivity index (χ3v) is 1.79. The van der Waals surface area contributed by atoms with Gasteiger partial charge in [-0.2, -0.15) is 0 Å². The summed E-state index contributed by atoms with van der Waals surface area (Å²) < 4.78 is 12.6. The van der Waals surface area contributed by atoms with Crippen molar-refractivity contribution in [3.05, 3.63) is 28.0 Å². The predicted molar refractivity (Wildman–Crippen MR) is 43.7 cm³/mol. The molecule has 0 aliphatic rings. The van der Waals surface area contributed by atoms with E-state index in [4.69, 9.17) is 23.2 Å². The second-order valence-electron chi connectivity index (χ2n) is 1.72. The molecule has 0 saturated carbocycles. The van der Waals surface area contributed by atoms with Crippen LogP contribution in [0.1, 0.15) is 0 Å². The van der Waals surface area contributed by atoms with Crippen LogP contribution >= 0.6 is 35.8 Å². The van der Waals surface area contributed by atoms with Crippen molar-refractivity contribution < 1.29 is 4.39 Å². The summed E-state index contributed by atoms with van der Waals surface area (Å²) in [5, 5.41) is 0.383. The Morgan fingerprint density at radius 2 is 1.90 bits per heavy atom. The van der Waals surface area contributed by atoms with Crippen molar-refractivity contribution in [2.45, 2.75) is 4.90 Å². The molecule has 0 radical (unpaired) electrons. The van der Waals surface area contributed by atoms with Gasteiger partial charge in [0.1, 0.15) is 0 Å². The van der Waals surface area contributed by atoms with Crippen molar-refractivity contribution in [1.82, 2.24) is 0 Å². The molecule has 0 aliphatic heterocycles. The van der Waals surface area contributed by atoms with Gasteiger partial charge in [0.2, 0.25) is 0 Å². The van der Waals surface area contributed by atoms with E-state index in [0.29, 0.717) is 5.02 Å². The normalized spacial score (nSPS) is 10.0. The van der Waals surface area contributed by atoms with Crippen LogP contribution in [0.4, 0.5) is 4.39 Å². The highest BCUT2D eigenvalue weighted by atomic mass is 35.5. The van der Waals surface area contributed by atoms with Gasteiger partial charge in [0.25, 0.3) is 0 Å². The minimum absolute atomic E-state index is 0.00231. The highest BCUT2D eigenvalue weighted by molar-refractivity contribution is 7.80. The smallest absolute Gasteiger partial charge is 0.155 e. The molecule has 4 heteroatoms. The minimum atomic E-state index is -0.533. The highest BCUT2D eigenvalue weighted by Gasteiger charge is 2.04. The van der Waals surface area contributed by atoms with Crippen LogP contribution in [0.5, 0.6) is 0 Å². The Hall–Kier alpha value is 0.0800. The molecule has 0 bridgehead atoms. The van der Waals surface area contributed by atoms with E-state index in [0.717, 1.165) is 0 Å². The summed E-state index contributed by atoms with van der Waals surface area (Å²) in [7, 11) is 0. The first-order valence-corrected chi connectivity index (χ1v) is 3.65. The fourth-order valence-electron chi connectivity index (χ4n) is 0.542. The highest BCUT2D eigenvalue weighted by Crippen LogP contribution is 2.25. The molecule has 0 nitrogen and oxygen atoms in total. The van der Waals surface area contributed by atoms with Crippen LogP contribution in [-0.2, 0) is 0 Å². The number of benzene rings is 1. The molecule has 10 heavy (non-hydrogen) atoms. The van der Waals surface area contributed by atoms with E-state index >= 15 is 0 Å². The number of hydrogen-bond acceptors (Lipinski definition) is 1. The average molecular weight is 197 g/mol. The van der Waals surface area contributed by atoms with Crippen LogP contribution in [0.15, 0.2) is 17.0 Å². The van der Waals surface area contributed by atoms with Gasteiger partial charge < -0.3 is 0 Å². The molecule has 54 valence electrons. The van der Waals surface area contributed by atoms with Crippen molar-refractivity contribution in [2.24, 2.45) is 0 Å². The third kappa shape index (κ3) is 1.57. The first kappa shape index (κ1) is 8.18. The second-order valence-corrected chi connectivity index (χ2v) is 3.05. The Morgan fingerprint density at radius 3 is 2.40 bits per heavy atom. The van der Waals surface area contributed by atoms with E-state index in [1.54, 1.807) is 0 Å². The van der Waals surface area contributed by atoms with Crippen molar-refractivity contribution in [1.29, 1.82) is 0 Å². The molecule has 0 unspecified atom stereocenters. The lowest BCUT2D eigenvalue weighted by Gasteiger charge is -1.97. The molecular formula is C6H3Cl2FS. The molecule has 0 N–H and O–H groups in total. The molecule has 0 saturated heterocycles. The molecule has 0 atom stereocenters. The van der Waals surface area contributed by atoms with Crippen LogP contribution in [-0.4, -0.2) is 0 Å². The fourth-order valence-corrected chi connectivity index (χ4v) is 1.44. The zero-order valence-electron chi connectivity index (χ0n) is 4.74. The first-order valence-electron chi connectivity index (χ1n) is 2.45. The Bertz CT molecular complexity index is 239. The van der Waals surface area contributed by atoms with Gasteiger partial charge in [0.15, 0.2) is 5.82 Å². The quantitative estimate of drug-likeness (QED) is 0.478. The summed E-state index contributed by atoms with van der Waals surface area (Å²) in [6.45, 7) is 0. The van der Waals surface area contributed by atoms with Crippen molar-refractivity contribution in [2.75, 3.05) is 0 Å². The van der Waals surface area contributed by atoms with Crippen LogP contribution in [0.25, 0.3) is 0 Å². The summed E-state index contributed by atoms with van der Waals surface area (Å²) in [5.74, 6) is -0.533. The van der Waals surface area contributed by atoms with Crippen LogP contribution in [0.2, 0.25) is 10.0 Å². The fraction of sp³-hybridized carbons (Fsp3) is 0. The zero-order valence-corrected chi connectivity index (χ0v) is 7.14. The third-order valence-electron chi connectivity index (χ3n) is 0.974. The number of halogens is 3. The lowest BCUT2D eigenvalue weighted by molar-refractivity contribution is 0.603. The van der Waals surface area contributed by atoms with Crippen molar-refractivity contribution >= 4 is 35.8 Å². The first-order chi connectivity index (χ1) is 4.61. The summed E-state index contributed by atoms with van der Waals surface area (Å²) in [5.41, 5.74) is 0. The Kier molecular flexibility index (Phi) is 2.45. The van der Waals surface area contributed by atoms with Gasteiger partial charge >= 0.3 is 0 Å². The van der Waals surface area contributed by atoms with Gasteiger partial charge in [-0.25, -0.2) is 4.39 Å². The molecule has 0 aromatic heterocycles. The van der Waals surface area contributed by atoms with Gasteiger partial charge in [-0.3, -0.25) is 0 Å². The number of hydrogen-bond donors (Lipinski definition) is 1. The largest absolute Gasteiger partial charge is 0.204 e. The number of thiol groups is 1. The molecule has 0 aliphatic carbocycles. The lowest BCUT2D eigenvalue weighted by Crippen LogP contribution is -1.78. The van der Waals surface area contributed by atoms with E-state index in [2.05, 4.69) is 12.6 Å². The van der Waals surface area contributed by atoms with Crippen molar-refractivity contribution in [3.63, 3.8) is 0 Å². The lowest BCUT2D eigenvalue weighted by atomic mass is 10.3. The molecule has 0 fully saturated rings. The van der Waals surface area contributed by atoms with Gasteiger partial charge in [-0.05, 0) is 12.1 Å². The van der Waals surface area contributed by atoms with Crippen LogP contribution in [0.3, 0.4) is 0 Å². The van der Waals surface area contributed by atoms with Gasteiger partial charge in [0, 0.05) is 9.92 Å². The topological polar surface area (TPSA) is 0 Å². The molecule has 1 aromatic rings. The minimum Gasteiger partial charge on any atom is -0.204 e. The summed E-state index contributed by atoms with van der Waals surface area (Å²) in [6, 6.07) is 2.73. The molecule has 0 spiro atoms. The van der Waals surface area contributed by atoms with E-state index in [1.165, 1.54) is 12.1 Å². The summed E-state index contributed by atoms with van der Waals surface area (Å²) in [6.07, 6.45) is 0. The average Bonchev–Trinajstić information content (AvgIpc) is 1.82. The van der Waals surface area contributed by atoms with E-state index in [-0.39, 0.29) is 9.92 Å². The molecule has 1 rings (SSSR count). The Morgan fingerprint density at radius 1 is 1.30 bits per heavy atom.